The number of piperazine rings is 1. The number of aromatic nitrogens is 1. The number of ether oxygens (including phenoxy) is 1. The highest BCUT2D eigenvalue weighted by atomic mass is 32.2. The molecule has 0 aliphatic carbocycles. The van der Waals surface area contributed by atoms with Crippen molar-refractivity contribution in [2.75, 3.05) is 45.9 Å². The van der Waals surface area contributed by atoms with Crippen LogP contribution in [0.2, 0.25) is 0 Å². The third-order valence-corrected chi connectivity index (χ3v) is 7.69. The van der Waals surface area contributed by atoms with Gasteiger partial charge >= 0.3 is 5.97 Å². The lowest BCUT2D eigenvalue weighted by Gasteiger charge is -2.34. The van der Waals surface area contributed by atoms with Crippen molar-refractivity contribution < 1.29 is 19.7 Å². The molecule has 1 saturated heterocycles. The van der Waals surface area contributed by atoms with Crippen LogP contribution in [-0.4, -0.2) is 76.5 Å². The molecule has 0 unspecified atom stereocenters. The molecular weight excluding hydrogens is 500 g/mol. The first kappa shape index (κ1) is 29.5. The summed E-state index contributed by atoms with van der Waals surface area (Å²) >= 11 is 1.62. The molecule has 0 bridgehead atoms. The van der Waals surface area contributed by atoms with E-state index in [1.54, 1.807) is 24.8 Å². The number of esters is 1. The number of carbonyl (C=O) groups excluding carboxylic acids is 1. The Morgan fingerprint density at radius 1 is 1.13 bits per heavy atom. The molecule has 1 aliphatic heterocycles. The maximum absolute atomic E-state index is 13.3. The molecule has 8 nitrogen and oxygen atoms in total. The Bertz CT molecular complexity index is 1260. The molecule has 1 aromatic heterocycles. The molecule has 3 aromatic rings. The number of aromatic hydroxyl groups is 1. The van der Waals surface area contributed by atoms with Crippen LogP contribution in [0.4, 0.5) is 0 Å². The van der Waals surface area contributed by atoms with Gasteiger partial charge in [0, 0.05) is 73.6 Å². The average molecular weight is 539 g/mol. The van der Waals surface area contributed by atoms with Crippen LogP contribution in [0.5, 0.6) is 5.75 Å². The van der Waals surface area contributed by atoms with E-state index in [2.05, 4.69) is 15.9 Å². The van der Waals surface area contributed by atoms with Gasteiger partial charge in [-0.2, -0.15) is 5.26 Å². The van der Waals surface area contributed by atoms with Gasteiger partial charge in [-0.15, -0.1) is 11.8 Å². The summed E-state index contributed by atoms with van der Waals surface area (Å²) in [6, 6.07) is 13.8. The summed E-state index contributed by atoms with van der Waals surface area (Å²) in [7, 11) is 1.89. The minimum atomic E-state index is -0.426. The average Bonchev–Trinajstić information content (AvgIpc) is 3.22. The SMILES string of the molecule is CC.CCOC(=O)c1c(CSc2ccccc2)n(C)c2cc(C#N)c(O)c(CN3CCN(CCO)CC3)c12. The van der Waals surface area contributed by atoms with E-state index in [0.29, 0.717) is 35.4 Å². The van der Waals surface area contributed by atoms with Crippen molar-refractivity contribution in [1.82, 2.24) is 14.4 Å². The number of aliphatic hydroxyl groups is 1. The van der Waals surface area contributed by atoms with Gasteiger partial charge in [-0.3, -0.25) is 9.80 Å². The summed E-state index contributed by atoms with van der Waals surface area (Å²) in [6.45, 7) is 10.3. The highest BCUT2D eigenvalue weighted by molar-refractivity contribution is 7.98. The van der Waals surface area contributed by atoms with Gasteiger partial charge in [-0.05, 0) is 25.1 Å². The normalized spacial score (nSPS) is 14.1. The van der Waals surface area contributed by atoms with Crippen molar-refractivity contribution in [3.05, 3.63) is 58.8 Å². The van der Waals surface area contributed by atoms with Crippen LogP contribution in [0.15, 0.2) is 41.3 Å². The number of nitrogens with zero attached hydrogens (tertiary/aromatic N) is 4. The molecular formula is C29H38N4O4S. The summed E-state index contributed by atoms with van der Waals surface area (Å²) in [4.78, 5) is 18.8. The fourth-order valence-corrected chi connectivity index (χ4v) is 5.74. The highest BCUT2D eigenvalue weighted by Crippen LogP contribution is 2.39. The first-order chi connectivity index (χ1) is 18.5. The lowest BCUT2D eigenvalue weighted by atomic mass is 9.99. The Labute approximate surface area is 229 Å². The molecule has 2 aromatic carbocycles. The number of hydrogen-bond donors (Lipinski definition) is 2. The second kappa shape index (κ2) is 14.2. The topological polar surface area (TPSA) is 102 Å². The van der Waals surface area contributed by atoms with Crippen LogP contribution in [-0.2, 0) is 24.1 Å². The van der Waals surface area contributed by atoms with Crippen LogP contribution in [0, 0.1) is 11.3 Å². The smallest absolute Gasteiger partial charge is 0.340 e. The van der Waals surface area contributed by atoms with Crippen LogP contribution >= 0.6 is 11.8 Å². The zero-order chi connectivity index (χ0) is 27.7. The quantitative estimate of drug-likeness (QED) is 0.306. The Morgan fingerprint density at radius 2 is 1.79 bits per heavy atom. The van der Waals surface area contributed by atoms with Crippen LogP contribution in [0.3, 0.4) is 0 Å². The number of phenolic OH excluding ortho intramolecular Hbond substituents is 1. The zero-order valence-electron chi connectivity index (χ0n) is 22.7. The van der Waals surface area contributed by atoms with Gasteiger partial charge in [0.15, 0.2) is 0 Å². The number of benzene rings is 2. The van der Waals surface area contributed by atoms with Gasteiger partial charge in [0.1, 0.15) is 11.8 Å². The minimum absolute atomic E-state index is 0.0822. The molecule has 0 atom stereocenters. The van der Waals surface area contributed by atoms with Crippen molar-refractivity contribution in [3.8, 4) is 11.8 Å². The van der Waals surface area contributed by atoms with E-state index in [4.69, 9.17) is 4.74 Å². The van der Waals surface area contributed by atoms with Crippen molar-refractivity contribution >= 4 is 28.6 Å². The monoisotopic (exact) mass is 538 g/mol. The van der Waals surface area contributed by atoms with Gasteiger partial charge < -0.3 is 19.5 Å². The molecule has 0 spiro atoms. The molecule has 0 amide bonds. The number of thioether (sulfide) groups is 1. The largest absolute Gasteiger partial charge is 0.506 e. The summed E-state index contributed by atoms with van der Waals surface area (Å²) in [5, 5.41) is 30.8. The number of aliphatic hydroxyl groups excluding tert-OH is 1. The van der Waals surface area contributed by atoms with Crippen molar-refractivity contribution in [2.45, 2.75) is 38.0 Å². The molecule has 0 saturated carbocycles. The van der Waals surface area contributed by atoms with Crippen LogP contribution < -0.4 is 0 Å². The van der Waals surface area contributed by atoms with Gasteiger partial charge in [0.2, 0.25) is 0 Å². The number of carbonyl (C=O) groups is 1. The number of phenols is 1. The Hall–Kier alpha value is -3.03. The fourth-order valence-electron chi connectivity index (χ4n) is 4.75. The van der Waals surface area contributed by atoms with E-state index < -0.39 is 5.97 Å². The third kappa shape index (κ3) is 6.51. The number of β-amino-alcohol motifs (C(OH)–C–C–N with tert-alkyl or cyclic N) is 1. The molecule has 2 N–H and O–H groups in total. The minimum Gasteiger partial charge on any atom is -0.506 e. The lowest BCUT2D eigenvalue weighted by molar-refractivity contribution is 0.0527. The molecule has 4 rings (SSSR count). The van der Waals surface area contributed by atoms with E-state index in [0.717, 1.165) is 42.3 Å². The number of rotatable bonds is 9. The maximum atomic E-state index is 13.3. The van der Waals surface area contributed by atoms with Gasteiger partial charge in [0.25, 0.3) is 0 Å². The molecule has 1 fully saturated rings. The van der Waals surface area contributed by atoms with Gasteiger partial charge in [-0.25, -0.2) is 4.79 Å². The zero-order valence-corrected chi connectivity index (χ0v) is 23.6. The maximum Gasteiger partial charge on any atom is 0.340 e. The summed E-state index contributed by atoms with van der Waals surface area (Å²) < 4.78 is 7.42. The van der Waals surface area contributed by atoms with Gasteiger partial charge in [-0.1, -0.05) is 32.0 Å². The van der Waals surface area contributed by atoms with E-state index >= 15 is 0 Å². The highest BCUT2D eigenvalue weighted by Gasteiger charge is 2.29. The first-order valence-electron chi connectivity index (χ1n) is 13.1. The predicted molar refractivity (Wildman–Crippen MR) is 151 cm³/mol. The van der Waals surface area contributed by atoms with Crippen molar-refractivity contribution in [1.29, 1.82) is 5.26 Å². The molecule has 1 aliphatic rings. The van der Waals surface area contributed by atoms with Crippen molar-refractivity contribution in [3.63, 3.8) is 0 Å². The third-order valence-electron chi connectivity index (χ3n) is 6.67. The Balaban J connectivity index is 0.00000195. The molecule has 9 heteroatoms. The number of aryl methyl sites for hydroxylation is 1. The molecule has 204 valence electrons. The van der Waals surface area contributed by atoms with E-state index in [1.807, 2.05) is 55.8 Å². The number of fused-ring (bicyclic) bond motifs is 1. The standard InChI is InChI=1S/C27H32N4O4S.C2H6/c1-3-35-27(34)25-23(18-36-20-7-5-4-6-8-20)29(2)22-15-19(16-28)26(33)21(24(22)25)17-31-11-9-30(10-12-31)13-14-32;1-2/h4-8,15,32-33H,3,9-14,17-18H2,1-2H3;1-2H3. The molecule has 0 radical (unpaired) electrons. The van der Waals surface area contributed by atoms with E-state index in [9.17, 15) is 20.3 Å². The predicted octanol–water partition coefficient (Wildman–Crippen LogP) is 4.36. The molecule has 2 heterocycles. The first-order valence-corrected chi connectivity index (χ1v) is 14.1. The Kier molecular flexibility index (Phi) is 11.0. The van der Waals surface area contributed by atoms with Gasteiger partial charge in [0.05, 0.1) is 29.9 Å². The molecule has 38 heavy (non-hydrogen) atoms. The summed E-state index contributed by atoms with van der Waals surface area (Å²) in [5.41, 5.74) is 2.74. The second-order valence-electron chi connectivity index (χ2n) is 8.80. The van der Waals surface area contributed by atoms with E-state index in [-0.39, 0.29) is 24.5 Å². The van der Waals surface area contributed by atoms with E-state index in [1.165, 1.54) is 0 Å². The Morgan fingerprint density at radius 3 is 2.39 bits per heavy atom. The summed E-state index contributed by atoms with van der Waals surface area (Å²) in [5.74, 6) is 0.0247. The number of hydrogen-bond acceptors (Lipinski definition) is 8. The van der Waals surface area contributed by atoms with Crippen LogP contribution in [0.1, 0.15) is 48.0 Å². The van der Waals surface area contributed by atoms with Crippen molar-refractivity contribution in [2.24, 2.45) is 7.05 Å². The number of nitriles is 1. The lowest BCUT2D eigenvalue weighted by Crippen LogP contribution is -2.46. The summed E-state index contributed by atoms with van der Waals surface area (Å²) in [6.07, 6.45) is 0. The van der Waals surface area contributed by atoms with Crippen LogP contribution in [0.25, 0.3) is 10.9 Å². The second-order valence-corrected chi connectivity index (χ2v) is 9.85. The fraction of sp³-hybridized carbons (Fsp3) is 0.448.